The first-order valence-electron chi connectivity index (χ1n) is 13.9. The first-order chi connectivity index (χ1) is 18.4. The summed E-state index contributed by atoms with van der Waals surface area (Å²) in [7, 11) is -3.14. The molecule has 1 aliphatic rings. The van der Waals surface area contributed by atoms with Crippen LogP contribution in [0.1, 0.15) is 70.6 Å². The molecule has 0 saturated heterocycles. The number of fused-ring (bicyclic) bond motifs is 1. The Kier molecular flexibility index (Phi) is 8.71. The molecule has 39 heavy (non-hydrogen) atoms. The first kappa shape index (κ1) is 29.1. The largest absolute Gasteiger partial charge is 0.490 e. The predicted octanol–water partition coefficient (Wildman–Crippen LogP) is 6.31. The molecular weight excluding hydrogens is 503 g/mol. The number of rotatable bonds is 7. The zero-order valence-corrected chi connectivity index (χ0v) is 25.1. The number of benzene rings is 3. The maximum Gasteiger partial charge on any atom is 0.258 e. The van der Waals surface area contributed by atoms with Gasteiger partial charge in [0, 0.05) is 11.1 Å². The summed E-state index contributed by atoms with van der Waals surface area (Å²) in [5.41, 5.74) is 2.17. The molecule has 1 N–H and O–H groups in total. The van der Waals surface area contributed by atoms with Crippen LogP contribution in [0, 0.1) is 24.6 Å². The zero-order valence-electron chi connectivity index (χ0n) is 24.1. The molecule has 0 aromatic heterocycles. The Morgan fingerprint density at radius 2 is 1.59 bits per heavy atom. The van der Waals surface area contributed by atoms with Gasteiger partial charge in [0.15, 0.2) is 11.6 Å². The Balaban J connectivity index is 1.65. The minimum absolute atomic E-state index is 0.351. The van der Waals surface area contributed by atoms with Crippen LogP contribution in [0.25, 0.3) is 0 Å². The van der Waals surface area contributed by atoms with Crippen molar-refractivity contribution in [2.75, 3.05) is 6.61 Å². The van der Waals surface area contributed by atoms with Crippen molar-refractivity contribution < 1.29 is 18.7 Å². The van der Waals surface area contributed by atoms with Crippen LogP contribution in [-0.2, 0) is 11.2 Å². The molecule has 0 saturated carbocycles. The molecule has 3 nitrogen and oxygen atoms in total. The van der Waals surface area contributed by atoms with Crippen molar-refractivity contribution in [2.24, 2.45) is 0 Å². The summed E-state index contributed by atoms with van der Waals surface area (Å²) in [6, 6.07) is 21.6. The summed E-state index contributed by atoms with van der Waals surface area (Å²) >= 11 is 0. The van der Waals surface area contributed by atoms with Crippen LogP contribution in [0.15, 0.2) is 66.7 Å². The molecule has 0 spiro atoms. The van der Waals surface area contributed by atoms with Gasteiger partial charge in [-0.3, -0.25) is 0 Å². The summed E-state index contributed by atoms with van der Waals surface area (Å²) in [6.45, 7) is 12.9. The molecule has 0 bridgehead atoms. The fourth-order valence-corrected chi connectivity index (χ4v) is 9.27. The lowest BCUT2D eigenvalue weighted by molar-refractivity contribution is -0.0382. The van der Waals surface area contributed by atoms with Crippen LogP contribution in [0.4, 0.5) is 4.39 Å². The van der Waals surface area contributed by atoms with Crippen molar-refractivity contribution in [1.29, 1.82) is 0 Å². The van der Waals surface area contributed by atoms with Gasteiger partial charge in [-0.15, -0.1) is 0 Å². The summed E-state index contributed by atoms with van der Waals surface area (Å²) in [6.07, 6.45) is 2.65. The monoisotopic (exact) mass is 544 g/mol. The average molecular weight is 545 g/mol. The SMILES string of the molecule is Cc1c(C#C[C@@H](CCC(C)(C)[Si](O)(c2ccccc2)c2ccccc2)OC(C)(C)C)cc(F)c2c1CCCO2. The Labute approximate surface area is 234 Å². The van der Waals surface area contributed by atoms with E-state index in [-0.39, 0.29) is 11.9 Å². The van der Waals surface area contributed by atoms with Crippen LogP contribution in [0.3, 0.4) is 0 Å². The Hall–Kier alpha value is -2.91. The van der Waals surface area contributed by atoms with Crippen molar-refractivity contribution in [1.82, 2.24) is 0 Å². The normalized spacial score (nSPS) is 14.6. The lowest BCUT2D eigenvalue weighted by Gasteiger charge is -2.42. The average Bonchev–Trinajstić information content (AvgIpc) is 2.92. The van der Waals surface area contributed by atoms with E-state index in [1.807, 2.05) is 88.4 Å². The third kappa shape index (κ3) is 6.46. The second-order valence-corrected chi connectivity index (χ2v) is 16.1. The lowest BCUT2D eigenvalue weighted by Crippen LogP contribution is -2.65. The van der Waals surface area contributed by atoms with Crippen molar-refractivity contribution in [2.45, 2.75) is 84.0 Å². The molecule has 0 radical (unpaired) electrons. The molecular formula is C34H41FO3Si. The lowest BCUT2D eigenvalue weighted by atomic mass is 9.95. The Morgan fingerprint density at radius 1 is 1.00 bits per heavy atom. The molecule has 0 amide bonds. The van der Waals surface area contributed by atoms with Gasteiger partial charge in [0.05, 0.1) is 12.2 Å². The second kappa shape index (κ2) is 11.7. The van der Waals surface area contributed by atoms with E-state index in [1.54, 1.807) is 0 Å². The number of hydrogen-bond acceptors (Lipinski definition) is 3. The predicted molar refractivity (Wildman–Crippen MR) is 160 cm³/mol. The van der Waals surface area contributed by atoms with Crippen molar-refractivity contribution in [3.8, 4) is 17.6 Å². The van der Waals surface area contributed by atoms with Gasteiger partial charge in [0.25, 0.3) is 8.32 Å². The number of halogens is 1. The van der Waals surface area contributed by atoms with E-state index in [9.17, 15) is 9.19 Å². The fourth-order valence-electron chi connectivity index (χ4n) is 5.51. The van der Waals surface area contributed by atoms with E-state index in [0.717, 1.165) is 34.3 Å². The van der Waals surface area contributed by atoms with E-state index in [1.165, 1.54) is 6.07 Å². The van der Waals surface area contributed by atoms with Crippen molar-refractivity contribution in [3.05, 3.63) is 89.2 Å². The summed E-state index contributed by atoms with van der Waals surface area (Å²) in [4.78, 5) is 12.5. The molecule has 0 aliphatic carbocycles. The Bertz CT molecular complexity index is 1290. The fraction of sp³-hybridized carbons (Fsp3) is 0.412. The highest BCUT2D eigenvalue weighted by Crippen LogP contribution is 2.40. The minimum atomic E-state index is -3.14. The summed E-state index contributed by atoms with van der Waals surface area (Å²) in [5.74, 6) is 6.59. The van der Waals surface area contributed by atoms with Crippen LogP contribution in [0.2, 0.25) is 5.04 Å². The highest BCUT2D eigenvalue weighted by molar-refractivity contribution is 6.98. The molecule has 3 aromatic rings. The molecule has 3 aromatic carbocycles. The molecule has 206 valence electrons. The van der Waals surface area contributed by atoms with Crippen molar-refractivity contribution >= 4 is 18.7 Å². The van der Waals surface area contributed by atoms with Gasteiger partial charge in [0.2, 0.25) is 0 Å². The third-order valence-electron chi connectivity index (χ3n) is 7.69. The smallest absolute Gasteiger partial charge is 0.258 e. The van der Waals surface area contributed by atoms with Crippen LogP contribution in [-0.4, -0.2) is 31.4 Å². The van der Waals surface area contributed by atoms with E-state index < -0.39 is 19.0 Å². The van der Waals surface area contributed by atoms with Gasteiger partial charge >= 0.3 is 0 Å². The van der Waals surface area contributed by atoms with Crippen LogP contribution < -0.4 is 15.1 Å². The first-order valence-corrected chi connectivity index (χ1v) is 15.8. The van der Waals surface area contributed by atoms with E-state index in [2.05, 4.69) is 25.7 Å². The zero-order chi connectivity index (χ0) is 28.3. The van der Waals surface area contributed by atoms with E-state index in [0.29, 0.717) is 30.8 Å². The maximum absolute atomic E-state index is 14.8. The number of hydrogen-bond donors (Lipinski definition) is 1. The molecule has 1 atom stereocenters. The Morgan fingerprint density at radius 3 is 2.15 bits per heavy atom. The second-order valence-electron chi connectivity index (χ2n) is 12.1. The number of ether oxygens (including phenoxy) is 2. The van der Waals surface area contributed by atoms with Gasteiger partial charge in [-0.1, -0.05) is 86.4 Å². The summed E-state index contributed by atoms with van der Waals surface area (Å²) in [5, 5.41) is 1.56. The summed E-state index contributed by atoms with van der Waals surface area (Å²) < 4.78 is 26.8. The van der Waals surface area contributed by atoms with Crippen molar-refractivity contribution in [3.63, 3.8) is 0 Å². The van der Waals surface area contributed by atoms with Crippen LogP contribution in [0.5, 0.6) is 5.75 Å². The van der Waals surface area contributed by atoms with Gasteiger partial charge in [-0.25, -0.2) is 4.39 Å². The maximum atomic E-state index is 14.8. The van der Waals surface area contributed by atoms with E-state index in [4.69, 9.17) is 9.47 Å². The highest BCUT2D eigenvalue weighted by atomic mass is 28.4. The molecule has 0 unspecified atom stereocenters. The standard InChI is InChI=1S/C34H41FO3Si/c1-25-26(24-31(35)32-30(25)18-13-23-37-32)19-20-27(38-33(2,3)4)21-22-34(5,6)39(36,28-14-9-7-10-15-28)29-16-11-8-12-17-29/h7-12,14-17,24,27,36H,13,18,21-23H2,1-6H3/t27-/m0/s1. The molecule has 1 aliphatic heterocycles. The molecule has 4 rings (SSSR count). The van der Waals surface area contributed by atoms with Crippen LogP contribution >= 0.6 is 0 Å². The third-order valence-corrected chi connectivity index (χ3v) is 12.2. The molecule has 0 fully saturated rings. The van der Waals surface area contributed by atoms with Gasteiger partial charge in [-0.2, -0.15) is 0 Å². The minimum Gasteiger partial charge on any atom is -0.490 e. The quantitative estimate of drug-likeness (QED) is 0.280. The highest BCUT2D eigenvalue weighted by Gasteiger charge is 2.49. The van der Waals surface area contributed by atoms with Gasteiger partial charge < -0.3 is 14.3 Å². The van der Waals surface area contributed by atoms with E-state index >= 15 is 0 Å². The molecule has 5 heteroatoms. The van der Waals surface area contributed by atoms with Gasteiger partial charge in [-0.05, 0) is 80.4 Å². The topological polar surface area (TPSA) is 38.7 Å². The van der Waals surface area contributed by atoms with Gasteiger partial charge in [0.1, 0.15) is 6.10 Å². The molecule has 1 heterocycles.